The normalized spacial score (nSPS) is 15.6. The van der Waals surface area contributed by atoms with E-state index >= 15 is 0 Å². The zero-order valence-corrected chi connectivity index (χ0v) is 13.8. The van der Waals surface area contributed by atoms with Crippen molar-refractivity contribution in [3.8, 4) is 0 Å². The second-order valence-electron chi connectivity index (χ2n) is 5.81. The lowest BCUT2D eigenvalue weighted by molar-refractivity contribution is 0.519. The van der Waals surface area contributed by atoms with E-state index in [1.165, 1.54) is 0 Å². The van der Waals surface area contributed by atoms with E-state index in [4.69, 9.17) is 11.6 Å². The molecule has 0 unspecified atom stereocenters. The van der Waals surface area contributed by atoms with E-state index in [-0.39, 0.29) is 5.28 Å². The van der Waals surface area contributed by atoms with Gasteiger partial charge in [-0.15, -0.1) is 0 Å². The molecule has 3 aromatic rings. The summed E-state index contributed by atoms with van der Waals surface area (Å²) in [5, 5.41) is 4.80. The second kappa shape index (κ2) is 6.57. The van der Waals surface area contributed by atoms with E-state index in [2.05, 4.69) is 30.2 Å². The summed E-state index contributed by atoms with van der Waals surface area (Å²) in [5.41, 5.74) is 0.857. The van der Waals surface area contributed by atoms with Crippen molar-refractivity contribution in [3.05, 3.63) is 48.0 Å². The Bertz CT molecular complexity index is 833. The third kappa shape index (κ3) is 3.10. The van der Waals surface area contributed by atoms with Gasteiger partial charge in [-0.3, -0.25) is 0 Å². The summed E-state index contributed by atoms with van der Waals surface area (Å²) >= 11 is 6.06. The standard InChI is InChI=1S/C17H17ClN6/c18-16-22-14-5-2-1-4-13(14)15(23-16)21-12-6-10-24(11-7-12)17-19-8-3-9-20-17/h1-5,8-9,12H,6-7,10-11H2,(H,21,22,23). The van der Waals surface area contributed by atoms with Gasteiger partial charge >= 0.3 is 0 Å². The maximum Gasteiger partial charge on any atom is 0.225 e. The molecule has 0 aliphatic carbocycles. The Morgan fingerprint density at radius 2 is 1.75 bits per heavy atom. The van der Waals surface area contributed by atoms with E-state index < -0.39 is 0 Å². The van der Waals surface area contributed by atoms with Crippen molar-refractivity contribution in [1.82, 2.24) is 19.9 Å². The molecule has 1 fully saturated rings. The summed E-state index contributed by atoms with van der Waals surface area (Å²) in [6.45, 7) is 1.83. The van der Waals surface area contributed by atoms with Crippen LogP contribution >= 0.6 is 11.6 Å². The zero-order chi connectivity index (χ0) is 16.4. The van der Waals surface area contributed by atoms with E-state index in [0.29, 0.717) is 6.04 Å². The summed E-state index contributed by atoms with van der Waals surface area (Å²) in [6, 6.07) is 10.1. The quantitative estimate of drug-likeness (QED) is 0.739. The van der Waals surface area contributed by atoms with Crippen molar-refractivity contribution in [1.29, 1.82) is 0 Å². The largest absolute Gasteiger partial charge is 0.367 e. The first-order chi connectivity index (χ1) is 11.8. The third-order valence-corrected chi connectivity index (χ3v) is 4.42. The van der Waals surface area contributed by atoms with Crippen LogP contribution < -0.4 is 10.2 Å². The Hall–Kier alpha value is -2.47. The Morgan fingerprint density at radius 3 is 2.54 bits per heavy atom. The monoisotopic (exact) mass is 340 g/mol. The molecule has 1 saturated heterocycles. The first-order valence-electron chi connectivity index (χ1n) is 8.00. The van der Waals surface area contributed by atoms with Crippen LogP contribution in [-0.4, -0.2) is 39.1 Å². The van der Waals surface area contributed by atoms with Crippen molar-refractivity contribution >= 4 is 34.3 Å². The zero-order valence-electron chi connectivity index (χ0n) is 13.1. The van der Waals surface area contributed by atoms with Crippen molar-refractivity contribution in [2.75, 3.05) is 23.3 Å². The number of para-hydroxylation sites is 1. The molecule has 4 rings (SSSR count). The lowest BCUT2D eigenvalue weighted by Crippen LogP contribution is -2.40. The average Bonchev–Trinajstić information content (AvgIpc) is 2.63. The van der Waals surface area contributed by atoms with Gasteiger partial charge in [0.1, 0.15) is 5.82 Å². The van der Waals surface area contributed by atoms with Crippen LogP contribution in [0.25, 0.3) is 10.9 Å². The van der Waals surface area contributed by atoms with Crippen molar-refractivity contribution in [2.24, 2.45) is 0 Å². The summed E-state index contributed by atoms with van der Waals surface area (Å²) in [5.74, 6) is 1.60. The highest BCUT2D eigenvalue weighted by Gasteiger charge is 2.21. The van der Waals surface area contributed by atoms with Gasteiger partial charge in [-0.2, -0.15) is 0 Å². The molecule has 24 heavy (non-hydrogen) atoms. The van der Waals surface area contributed by atoms with Gasteiger partial charge in [0, 0.05) is 36.9 Å². The average molecular weight is 341 g/mol. The number of hydrogen-bond donors (Lipinski definition) is 1. The number of aromatic nitrogens is 4. The molecule has 1 aromatic carbocycles. The summed E-state index contributed by atoms with van der Waals surface area (Å²) in [6.07, 6.45) is 5.55. The molecule has 3 heterocycles. The van der Waals surface area contributed by atoms with Crippen LogP contribution in [0, 0.1) is 0 Å². The van der Waals surface area contributed by atoms with Crippen LogP contribution in [0.3, 0.4) is 0 Å². The highest BCUT2D eigenvalue weighted by molar-refractivity contribution is 6.28. The maximum atomic E-state index is 6.06. The molecule has 2 aromatic heterocycles. The van der Waals surface area contributed by atoms with Crippen molar-refractivity contribution < 1.29 is 0 Å². The number of piperidine rings is 1. The predicted octanol–water partition coefficient (Wildman–Crippen LogP) is 3.15. The molecule has 0 amide bonds. The number of hydrogen-bond acceptors (Lipinski definition) is 6. The minimum Gasteiger partial charge on any atom is -0.367 e. The highest BCUT2D eigenvalue weighted by atomic mass is 35.5. The fourth-order valence-corrected chi connectivity index (χ4v) is 3.21. The number of halogens is 1. The molecule has 0 atom stereocenters. The lowest BCUT2D eigenvalue weighted by atomic mass is 10.1. The molecular formula is C17H17ClN6. The molecule has 122 valence electrons. The fourth-order valence-electron chi connectivity index (χ4n) is 3.03. The SMILES string of the molecule is Clc1nc(NC2CCN(c3ncccn3)CC2)c2ccccc2n1. The number of fused-ring (bicyclic) bond motifs is 1. The smallest absolute Gasteiger partial charge is 0.225 e. The van der Waals surface area contributed by atoms with E-state index in [9.17, 15) is 0 Å². The van der Waals surface area contributed by atoms with Crippen molar-refractivity contribution in [2.45, 2.75) is 18.9 Å². The van der Waals surface area contributed by atoms with Gasteiger partial charge in [-0.25, -0.2) is 19.9 Å². The number of benzene rings is 1. The maximum absolute atomic E-state index is 6.06. The van der Waals surface area contributed by atoms with Crippen LogP contribution in [-0.2, 0) is 0 Å². The van der Waals surface area contributed by atoms with E-state index in [0.717, 1.165) is 48.6 Å². The Morgan fingerprint density at radius 1 is 1.00 bits per heavy atom. The Kier molecular flexibility index (Phi) is 4.13. The van der Waals surface area contributed by atoms with Crippen LogP contribution in [0.15, 0.2) is 42.7 Å². The second-order valence-corrected chi connectivity index (χ2v) is 6.15. The van der Waals surface area contributed by atoms with Gasteiger partial charge in [0.25, 0.3) is 0 Å². The summed E-state index contributed by atoms with van der Waals surface area (Å²) in [7, 11) is 0. The molecule has 1 N–H and O–H groups in total. The van der Waals surface area contributed by atoms with Crippen molar-refractivity contribution in [3.63, 3.8) is 0 Å². The first kappa shape index (κ1) is 15.1. The molecule has 0 radical (unpaired) electrons. The summed E-state index contributed by atoms with van der Waals surface area (Å²) < 4.78 is 0. The minimum absolute atomic E-state index is 0.270. The third-order valence-electron chi connectivity index (χ3n) is 4.25. The molecule has 1 aliphatic rings. The molecule has 0 bridgehead atoms. The molecular weight excluding hydrogens is 324 g/mol. The first-order valence-corrected chi connectivity index (χ1v) is 8.38. The van der Waals surface area contributed by atoms with Gasteiger partial charge in [-0.05, 0) is 42.6 Å². The number of anilines is 2. The van der Waals surface area contributed by atoms with Gasteiger partial charge < -0.3 is 10.2 Å². The Balaban J connectivity index is 1.48. The molecule has 0 spiro atoms. The number of nitrogens with one attached hydrogen (secondary N) is 1. The number of nitrogens with zero attached hydrogens (tertiary/aromatic N) is 5. The van der Waals surface area contributed by atoms with Crippen LogP contribution in [0.5, 0.6) is 0 Å². The van der Waals surface area contributed by atoms with Gasteiger partial charge in [0.05, 0.1) is 5.52 Å². The van der Waals surface area contributed by atoms with Crippen LogP contribution in [0.1, 0.15) is 12.8 Å². The molecule has 1 aliphatic heterocycles. The van der Waals surface area contributed by atoms with Crippen LogP contribution in [0.2, 0.25) is 5.28 Å². The lowest BCUT2D eigenvalue weighted by Gasteiger charge is -2.32. The molecule has 6 nitrogen and oxygen atoms in total. The fraction of sp³-hybridized carbons (Fsp3) is 0.294. The van der Waals surface area contributed by atoms with Gasteiger partial charge in [0.2, 0.25) is 11.2 Å². The van der Waals surface area contributed by atoms with E-state index in [1.807, 2.05) is 30.3 Å². The highest BCUT2D eigenvalue weighted by Crippen LogP contribution is 2.25. The van der Waals surface area contributed by atoms with E-state index in [1.54, 1.807) is 12.4 Å². The number of rotatable bonds is 3. The summed E-state index contributed by atoms with van der Waals surface area (Å²) in [4.78, 5) is 19.5. The van der Waals surface area contributed by atoms with Gasteiger partial charge in [0.15, 0.2) is 0 Å². The molecule has 7 heteroatoms. The molecule has 0 saturated carbocycles. The van der Waals surface area contributed by atoms with Gasteiger partial charge in [-0.1, -0.05) is 12.1 Å². The topological polar surface area (TPSA) is 66.8 Å². The van der Waals surface area contributed by atoms with Crippen LogP contribution in [0.4, 0.5) is 11.8 Å². The predicted molar refractivity (Wildman–Crippen MR) is 95.4 cm³/mol. The minimum atomic E-state index is 0.270. The Labute approximate surface area is 144 Å².